The highest BCUT2D eigenvalue weighted by molar-refractivity contribution is 5.97. The van der Waals surface area contributed by atoms with Crippen molar-refractivity contribution in [3.05, 3.63) is 23.8 Å². The van der Waals surface area contributed by atoms with Gasteiger partial charge in [0, 0.05) is 6.04 Å². The third kappa shape index (κ3) is 3.65. The second-order valence-corrected chi connectivity index (χ2v) is 5.25. The Balaban J connectivity index is 1.93. The fraction of sp³-hybridized carbons (Fsp3) is 0.467. The van der Waals surface area contributed by atoms with Gasteiger partial charge >= 0.3 is 5.97 Å². The van der Waals surface area contributed by atoms with E-state index >= 15 is 0 Å². The standard InChI is InChI=1S/C15H19NO5/c1-21-15(20)9-2-4-10(5-3-9)16-14(19)12-8-11(17)6-7-13(12)18/h6-10,17-18H,2-5H2,1H3,(H,16,19). The van der Waals surface area contributed by atoms with Crippen LogP contribution in [0.4, 0.5) is 0 Å². The van der Waals surface area contributed by atoms with Gasteiger partial charge in [0.2, 0.25) is 0 Å². The normalized spacial score (nSPS) is 21.6. The van der Waals surface area contributed by atoms with Gasteiger partial charge in [0.15, 0.2) is 0 Å². The average molecular weight is 293 g/mol. The molecule has 1 fully saturated rings. The molecule has 1 aliphatic rings. The highest BCUT2D eigenvalue weighted by atomic mass is 16.5. The van der Waals surface area contributed by atoms with Gasteiger partial charge < -0.3 is 20.3 Å². The number of aromatic hydroxyl groups is 2. The van der Waals surface area contributed by atoms with Gasteiger partial charge in [-0.05, 0) is 43.9 Å². The molecule has 1 aromatic rings. The number of amides is 1. The van der Waals surface area contributed by atoms with Crippen molar-refractivity contribution in [1.29, 1.82) is 0 Å². The molecule has 0 saturated heterocycles. The minimum absolute atomic E-state index is 0.0415. The molecule has 0 aromatic heterocycles. The van der Waals surface area contributed by atoms with Gasteiger partial charge in [0.25, 0.3) is 5.91 Å². The van der Waals surface area contributed by atoms with Crippen LogP contribution in [0.1, 0.15) is 36.0 Å². The number of phenols is 2. The largest absolute Gasteiger partial charge is 0.508 e. The molecule has 114 valence electrons. The molecule has 0 aliphatic heterocycles. The number of methoxy groups -OCH3 is 1. The summed E-state index contributed by atoms with van der Waals surface area (Å²) in [4.78, 5) is 23.5. The number of carbonyl (C=O) groups is 2. The van der Waals surface area contributed by atoms with E-state index in [0.29, 0.717) is 25.7 Å². The maximum Gasteiger partial charge on any atom is 0.308 e. The minimum atomic E-state index is -0.426. The molecule has 1 amide bonds. The van der Waals surface area contributed by atoms with E-state index in [4.69, 9.17) is 4.74 Å². The molecule has 0 spiro atoms. The van der Waals surface area contributed by atoms with Crippen LogP contribution < -0.4 is 5.32 Å². The van der Waals surface area contributed by atoms with Crippen LogP contribution in [-0.2, 0) is 9.53 Å². The number of esters is 1. The quantitative estimate of drug-likeness (QED) is 0.580. The van der Waals surface area contributed by atoms with Crippen molar-refractivity contribution in [3.63, 3.8) is 0 Å². The Morgan fingerprint density at radius 2 is 1.86 bits per heavy atom. The zero-order valence-corrected chi connectivity index (χ0v) is 11.8. The Morgan fingerprint density at radius 1 is 1.19 bits per heavy atom. The Morgan fingerprint density at radius 3 is 2.48 bits per heavy atom. The molecule has 1 aromatic carbocycles. The number of rotatable bonds is 3. The van der Waals surface area contributed by atoms with Crippen molar-refractivity contribution in [2.24, 2.45) is 5.92 Å². The van der Waals surface area contributed by atoms with Crippen LogP contribution in [0.2, 0.25) is 0 Å². The highest BCUT2D eigenvalue weighted by Crippen LogP contribution is 2.27. The van der Waals surface area contributed by atoms with Crippen molar-refractivity contribution in [2.75, 3.05) is 7.11 Å². The van der Waals surface area contributed by atoms with Crippen LogP contribution in [0.15, 0.2) is 18.2 Å². The molecule has 0 unspecified atom stereocenters. The number of benzene rings is 1. The van der Waals surface area contributed by atoms with E-state index in [-0.39, 0.29) is 35.0 Å². The third-order valence-corrected chi connectivity index (χ3v) is 3.82. The third-order valence-electron chi connectivity index (χ3n) is 3.82. The number of hydrogen-bond acceptors (Lipinski definition) is 5. The zero-order valence-electron chi connectivity index (χ0n) is 11.8. The minimum Gasteiger partial charge on any atom is -0.508 e. The summed E-state index contributed by atoms with van der Waals surface area (Å²) in [5.74, 6) is -0.978. The van der Waals surface area contributed by atoms with Gasteiger partial charge in [-0.25, -0.2) is 0 Å². The molecule has 1 aliphatic carbocycles. The first kappa shape index (κ1) is 15.2. The van der Waals surface area contributed by atoms with Crippen LogP contribution in [0, 0.1) is 5.92 Å². The topological polar surface area (TPSA) is 95.9 Å². The molecule has 0 atom stereocenters. The summed E-state index contributed by atoms with van der Waals surface area (Å²) in [6.07, 6.45) is 2.71. The molecule has 6 nitrogen and oxygen atoms in total. The summed E-state index contributed by atoms with van der Waals surface area (Å²) >= 11 is 0. The summed E-state index contributed by atoms with van der Waals surface area (Å²) in [6, 6.07) is 3.77. The second kappa shape index (κ2) is 6.47. The first-order valence-electron chi connectivity index (χ1n) is 6.92. The molecule has 3 N–H and O–H groups in total. The highest BCUT2D eigenvalue weighted by Gasteiger charge is 2.28. The van der Waals surface area contributed by atoms with Gasteiger partial charge in [-0.3, -0.25) is 9.59 Å². The fourth-order valence-electron chi connectivity index (χ4n) is 2.61. The number of ether oxygens (including phenoxy) is 1. The zero-order chi connectivity index (χ0) is 15.4. The number of phenolic OH excluding ortho intramolecular Hbond substituents is 2. The lowest BCUT2D eigenvalue weighted by atomic mass is 9.86. The van der Waals surface area contributed by atoms with Gasteiger partial charge in [-0.1, -0.05) is 0 Å². The Bertz CT molecular complexity index is 535. The Labute approximate surface area is 122 Å². The van der Waals surface area contributed by atoms with E-state index in [1.165, 1.54) is 25.3 Å². The summed E-state index contributed by atoms with van der Waals surface area (Å²) in [5.41, 5.74) is 0.0464. The maximum absolute atomic E-state index is 12.1. The maximum atomic E-state index is 12.1. The molecule has 0 radical (unpaired) electrons. The summed E-state index contributed by atoms with van der Waals surface area (Å²) in [6.45, 7) is 0. The Hall–Kier alpha value is -2.24. The number of carbonyl (C=O) groups excluding carboxylic acids is 2. The van der Waals surface area contributed by atoms with Crippen LogP contribution in [0.25, 0.3) is 0 Å². The van der Waals surface area contributed by atoms with Crippen LogP contribution >= 0.6 is 0 Å². The fourth-order valence-corrected chi connectivity index (χ4v) is 2.61. The molecule has 21 heavy (non-hydrogen) atoms. The molecule has 2 rings (SSSR count). The van der Waals surface area contributed by atoms with Gasteiger partial charge in [-0.2, -0.15) is 0 Å². The monoisotopic (exact) mass is 293 g/mol. The van der Waals surface area contributed by atoms with Crippen LogP contribution in [-0.4, -0.2) is 35.2 Å². The van der Waals surface area contributed by atoms with Gasteiger partial charge in [0.1, 0.15) is 11.5 Å². The number of hydrogen-bond donors (Lipinski definition) is 3. The smallest absolute Gasteiger partial charge is 0.308 e. The second-order valence-electron chi connectivity index (χ2n) is 5.25. The first-order valence-corrected chi connectivity index (χ1v) is 6.92. The van der Waals surface area contributed by atoms with Crippen molar-refractivity contribution >= 4 is 11.9 Å². The molecular formula is C15H19NO5. The molecule has 1 saturated carbocycles. The Kier molecular flexibility index (Phi) is 4.67. The lowest BCUT2D eigenvalue weighted by Gasteiger charge is -2.27. The van der Waals surface area contributed by atoms with Gasteiger partial charge in [0.05, 0.1) is 18.6 Å². The van der Waals surface area contributed by atoms with E-state index in [1.54, 1.807) is 0 Å². The lowest BCUT2D eigenvalue weighted by molar-refractivity contribution is -0.146. The van der Waals surface area contributed by atoms with Gasteiger partial charge in [-0.15, -0.1) is 0 Å². The van der Waals surface area contributed by atoms with Crippen molar-refractivity contribution in [2.45, 2.75) is 31.7 Å². The lowest BCUT2D eigenvalue weighted by Crippen LogP contribution is -2.38. The van der Waals surface area contributed by atoms with E-state index in [0.717, 1.165) is 0 Å². The van der Waals surface area contributed by atoms with Crippen molar-refractivity contribution < 1.29 is 24.5 Å². The predicted molar refractivity (Wildman–Crippen MR) is 75.0 cm³/mol. The van der Waals surface area contributed by atoms with Crippen molar-refractivity contribution in [3.8, 4) is 11.5 Å². The predicted octanol–water partition coefficient (Wildman–Crippen LogP) is 1.56. The molecular weight excluding hydrogens is 274 g/mol. The molecule has 0 heterocycles. The summed E-state index contributed by atoms with van der Waals surface area (Å²) < 4.78 is 4.72. The summed E-state index contributed by atoms with van der Waals surface area (Å²) in [5, 5.41) is 21.8. The molecule has 0 bridgehead atoms. The summed E-state index contributed by atoms with van der Waals surface area (Å²) in [7, 11) is 1.38. The average Bonchev–Trinajstić information content (AvgIpc) is 2.49. The van der Waals surface area contributed by atoms with E-state index in [2.05, 4.69) is 5.32 Å². The molecule has 6 heteroatoms. The van der Waals surface area contributed by atoms with E-state index in [9.17, 15) is 19.8 Å². The van der Waals surface area contributed by atoms with E-state index < -0.39 is 5.91 Å². The first-order chi connectivity index (χ1) is 10.0. The van der Waals surface area contributed by atoms with Crippen LogP contribution in [0.3, 0.4) is 0 Å². The van der Waals surface area contributed by atoms with E-state index in [1.807, 2.05) is 0 Å². The SMILES string of the molecule is COC(=O)C1CCC(NC(=O)c2cc(O)ccc2O)CC1. The number of nitrogens with one attached hydrogen (secondary N) is 1. The van der Waals surface area contributed by atoms with Crippen molar-refractivity contribution in [1.82, 2.24) is 5.32 Å². The van der Waals surface area contributed by atoms with Crippen LogP contribution in [0.5, 0.6) is 11.5 Å².